The van der Waals surface area contributed by atoms with Crippen LogP contribution in [0.2, 0.25) is 0 Å². The lowest BCUT2D eigenvalue weighted by Gasteiger charge is -2.37. The van der Waals surface area contributed by atoms with E-state index in [1.54, 1.807) is 11.3 Å². The van der Waals surface area contributed by atoms with Crippen molar-refractivity contribution in [3.8, 4) is 0 Å². The van der Waals surface area contributed by atoms with Crippen molar-refractivity contribution in [2.45, 2.75) is 26.4 Å². The summed E-state index contributed by atoms with van der Waals surface area (Å²) in [5.41, 5.74) is 2.37. The first-order valence-corrected chi connectivity index (χ1v) is 9.23. The first kappa shape index (κ1) is 16.9. The van der Waals surface area contributed by atoms with E-state index in [4.69, 9.17) is 0 Å². The standard InChI is InChI=1S/C18H24N4OS/c1-14-3-5-16(6-4-14)13-20-17(23)15(2)21-8-10-22(11-9-21)18-19-7-12-24-18/h3-7,12,15H,8-11,13H2,1-2H3,(H,20,23). The number of piperazine rings is 1. The van der Waals surface area contributed by atoms with E-state index in [1.807, 2.05) is 18.5 Å². The van der Waals surface area contributed by atoms with Crippen molar-refractivity contribution < 1.29 is 4.79 Å². The molecule has 1 saturated heterocycles. The van der Waals surface area contributed by atoms with Crippen LogP contribution in [0.4, 0.5) is 5.13 Å². The van der Waals surface area contributed by atoms with Gasteiger partial charge >= 0.3 is 0 Å². The molecule has 1 unspecified atom stereocenters. The molecule has 128 valence electrons. The van der Waals surface area contributed by atoms with E-state index >= 15 is 0 Å². The molecule has 5 nitrogen and oxygen atoms in total. The molecule has 0 aliphatic carbocycles. The van der Waals surface area contributed by atoms with Crippen LogP contribution in [0.15, 0.2) is 35.8 Å². The van der Waals surface area contributed by atoms with Gasteiger partial charge < -0.3 is 10.2 Å². The zero-order valence-corrected chi connectivity index (χ0v) is 15.1. The number of hydrogen-bond donors (Lipinski definition) is 1. The van der Waals surface area contributed by atoms with E-state index in [9.17, 15) is 4.79 Å². The Morgan fingerprint density at radius 2 is 1.96 bits per heavy atom. The van der Waals surface area contributed by atoms with Crippen LogP contribution in [0.1, 0.15) is 18.1 Å². The van der Waals surface area contributed by atoms with Crippen molar-refractivity contribution in [3.63, 3.8) is 0 Å². The van der Waals surface area contributed by atoms with Crippen molar-refractivity contribution in [3.05, 3.63) is 47.0 Å². The summed E-state index contributed by atoms with van der Waals surface area (Å²) in [4.78, 5) is 21.3. The van der Waals surface area contributed by atoms with Crippen LogP contribution >= 0.6 is 11.3 Å². The van der Waals surface area contributed by atoms with Crippen LogP contribution in [0.3, 0.4) is 0 Å². The Hall–Kier alpha value is -1.92. The van der Waals surface area contributed by atoms with E-state index in [2.05, 4.69) is 51.3 Å². The smallest absolute Gasteiger partial charge is 0.237 e. The summed E-state index contributed by atoms with van der Waals surface area (Å²) in [7, 11) is 0. The van der Waals surface area contributed by atoms with E-state index in [1.165, 1.54) is 5.56 Å². The van der Waals surface area contributed by atoms with E-state index < -0.39 is 0 Å². The SMILES string of the molecule is Cc1ccc(CNC(=O)C(C)N2CCN(c3nccs3)CC2)cc1. The lowest BCUT2D eigenvalue weighted by molar-refractivity contribution is -0.126. The average Bonchev–Trinajstić information content (AvgIpc) is 3.15. The zero-order chi connectivity index (χ0) is 16.9. The number of aryl methyl sites for hydroxylation is 1. The fourth-order valence-corrected chi connectivity index (χ4v) is 3.58. The fourth-order valence-electron chi connectivity index (χ4n) is 2.88. The molecule has 1 aromatic carbocycles. The van der Waals surface area contributed by atoms with Gasteiger partial charge in [-0.3, -0.25) is 9.69 Å². The van der Waals surface area contributed by atoms with Crippen molar-refractivity contribution in [1.29, 1.82) is 0 Å². The molecule has 2 aromatic rings. The molecule has 1 fully saturated rings. The Labute approximate surface area is 147 Å². The van der Waals surface area contributed by atoms with Gasteiger partial charge in [0.05, 0.1) is 6.04 Å². The summed E-state index contributed by atoms with van der Waals surface area (Å²) in [5.74, 6) is 0.0956. The van der Waals surface area contributed by atoms with Crippen molar-refractivity contribution >= 4 is 22.4 Å². The van der Waals surface area contributed by atoms with Gasteiger partial charge in [-0.25, -0.2) is 4.98 Å². The number of rotatable bonds is 5. The second-order valence-corrected chi connectivity index (χ2v) is 7.09. The molecule has 1 N–H and O–H groups in total. The Balaban J connectivity index is 1.46. The number of aromatic nitrogens is 1. The van der Waals surface area contributed by atoms with E-state index in [-0.39, 0.29) is 11.9 Å². The molecule has 1 amide bonds. The number of thiazole rings is 1. The highest BCUT2D eigenvalue weighted by molar-refractivity contribution is 7.13. The monoisotopic (exact) mass is 344 g/mol. The molecule has 1 atom stereocenters. The predicted octanol–water partition coefficient (Wildman–Crippen LogP) is 2.28. The Bertz CT molecular complexity index is 648. The van der Waals surface area contributed by atoms with Gasteiger partial charge in [-0.2, -0.15) is 0 Å². The van der Waals surface area contributed by atoms with Gasteiger partial charge in [0, 0.05) is 44.3 Å². The molecule has 6 heteroatoms. The molecule has 24 heavy (non-hydrogen) atoms. The average molecular weight is 344 g/mol. The number of nitrogens with one attached hydrogen (secondary N) is 1. The highest BCUT2D eigenvalue weighted by Crippen LogP contribution is 2.19. The second-order valence-electron chi connectivity index (χ2n) is 6.22. The van der Waals surface area contributed by atoms with Crippen LogP contribution in [-0.4, -0.2) is 48.0 Å². The zero-order valence-electron chi connectivity index (χ0n) is 14.2. The third kappa shape index (κ3) is 4.13. The molecule has 0 radical (unpaired) electrons. The maximum Gasteiger partial charge on any atom is 0.237 e. The number of carbonyl (C=O) groups is 1. The number of nitrogens with zero attached hydrogens (tertiary/aromatic N) is 3. The number of amides is 1. The maximum atomic E-state index is 12.4. The van der Waals surface area contributed by atoms with Crippen LogP contribution in [-0.2, 0) is 11.3 Å². The number of anilines is 1. The van der Waals surface area contributed by atoms with Gasteiger partial charge in [-0.15, -0.1) is 11.3 Å². The van der Waals surface area contributed by atoms with Gasteiger partial charge in [-0.05, 0) is 19.4 Å². The molecule has 1 aromatic heterocycles. The summed E-state index contributed by atoms with van der Waals surface area (Å²) in [5, 5.41) is 6.13. The largest absolute Gasteiger partial charge is 0.351 e. The third-order valence-electron chi connectivity index (χ3n) is 4.52. The number of carbonyl (C=O) groups excluding carboxylic acids is 1. The normalized spacial score (nSPS) is 16.8. The molecule has 3 rings (SSSR count). The molecule has 1 aliphatic heterocycles. The molecule has 1 aliphatic rings. The van der Waals surface area contributed by atoms with Crippen LogP contribution in [0.5, 0.6) is 0 Å². The predicted molar refractivity (Wildman–Crippen MR) is 98.4 cm³/mol. The number of benzene rings is 1. The quantitative estimate of drug-likeness (QED) is 0.904. The third-order valence-corrected chi connectivity index (χ3v) is 5.35. The van der Waals surface area contributed by atoms with Crippen LogP contribution < -0.4 is 10.2 Å². The summed E-state index contributed by atoms with van der Waals surface area (Å²) >= 11 is 1.67. The lowest BCUT2D eigenvalue weighted by atomic mass is 10.1. The Morgan fingerprint density at radius 3 is 2.58 bits per heavy atom. The van der Waals surface area contributed by atoms with Crippen molar-refractivity contribution in [2.24, 2.45) is 0 Å². The molecule has 0 bridgehead atoms. The molecule has 0 saturated carbocycles. The highest BCUT2D eigenvalue weighted by Gasteiger charge is 2.26. The summed E-state index contributed by atoms with van der Waals surface area (Å²) < 4.78 is 0. The molecular formula is C18H24N4OS. The summed E-state index contributed by atoms with van der Waals surface area (Å²) in [6, 6.07) is 8.17. The lowest BCUT2D eigenvalue weighted by Crippen LogP contribution is -2.53. The number of hydrogen-bond acceptors (Lipinski definition) is 5. The maximum absolute atomic E-state index is 12.4. The fraction of sp³-hybridized carbons (Fsp3) is 0.444. The first-order valence-electron chi connectivity index (χ1n) is 8.35. The van der Waals surface area contributed by atoms with Crippen LogP contribution in [0.25, 0.3) is 0 Å². The van der Waals surface area contributed by atoms with Crippen molar-refractivity contribution in [2.75, 3.05) is 31.1 Å². The minimum Gasteiger partial charge on any atom is -0.351 e. The summed E-state index contributed by atoms with van der Waals surface area (Å²) in [6.45, 7) is 8.26. The molecule has 0 spiro atoms. The van der Waals surface area contributed by atoms with Gasteiger partial charge in [0.2, 0.25) is 5.91 Å². The van der Waals surface area contributed by atoms with Gasteiger partial charge in [0.1, 0.15) is 0 Å². The minimum absolute atomic E-state index is 0.0956. The minimum atomic E-state index is -0.103. The first-order chi connectivity index (χ1) is 11.6. The molecular weight excluding hydrogens is 320 g/mol. The second kappa shape index (κ2) is 7.77. The van der Waals surface area contributed by atoms with Gasteiger partial charge in [-0.1, -0.05) is 29.8 Å². The van der Waals surface area contributed by atoms with E-state index in [0.717, 1.165) is 36.9 Å². The highest BCUT2D eigenvalue weighted by atomic mass is 32.1. The van der Waals surface area contributed by atoms with E-state index in [0.29, 0.717) is 6.54 Å². The topological polar surface area (TPSA) is 48.5 Å². The van der Waals surface area contributed by atoms with Gasteiger partial charge in [0.25, 0.3) is 0 Å². The summed E-state index contributed by atoms with van der Waals surface area (Å²) in [6.07, 6.45) is 1.84. The Morgan fingerprint density at radius 1 is 1.25 bits per heavy atom. The van der Waals surface area contributed by atoms with Crippen LogP contribution in [0, 0.1) is 6.92 Å². The Kier molecular flexibility index (Phi) is 5.48. The molecule has 2 heterocycles. The van der Waals surface area contributed by atoms with Crippen molar-refractivity contribution in [1.82, 2.24) is 15.2 Å². The van der Waals surface area contributed by atoms with Gasteiger partial charge in [0.15, 0.2) is 5.13 Å².